The monoisotopic (exact) mass is 389 g/mol. The molecule has 1 aromatic carbocycles. The van der Waals surface area contributed by atoms with Crippen molar-refractivity contribution in [2.45, 2.75) is 45.3 Å². The zero-order valence-corrected chi connectivity index (χ0v) is 16.8. The number of aromatic nitrogens is 2. The topological polar surface area (TPSA) is 73.0 Å². The molecule has 0 atom stereocenters. The van der Waals surface area contributed by atoms with E-state index in [1.54, 1.807) is 0 Å². The summed E-state index contributed by atoms with van der Waals surface area (Å²) >= 11 is 0. The lowest BCUT2D eigenvalue weighted by molar-refractivity contribution is 0.0821. The first-order valence-electron chi connectivity index (χ1n) is 9.41. The predicted molar refractivity (Wildman–Crippen MR) is 108 cm³/mol. The summed E-state index contributed by atoms with van der Waals surface area (Å²) in [6.45, 7) is 8.58. The molecule has 2 aromatic rings. The van der Waals surface area contributed by atoms with E-state index in [9.17, 15) is 4.79 Å². The minimum Gasteiger partial charge on any atom is -0.349 e. The van der Waals surface area contributed by atoms with Crippen molar-refractivity contribution < 1.29 is 4.79 Å². The number of benzene rings is 1. The molecule has 0 saturated heterocycles. The van der Waals surface area contributed by atoms with Gasteiger partial charge in [0.05, 0.1) is 0 Å². The zero-order valence-electron chi connectivity index (χ0n) is 16.0. The van der Waals surface area contributed by atoms with E-state index in [0.717, 1.165) is 43.7 Å². The largest absolute Gasteiger partial charge is 0.349 e. The van der Waals surface area contributed by atoms with Crippen molar-refractivity contribution in [3.8, 4) is 0 Å². The van der Waals surface area contributed by atoms with E-state index >= 15 is 0 Å². The summed E-state index contributed by atoms with van der Waals surface area (Å²) in [5.41, 5.74) is 5.36. The van der Waals surface area contributed by atoms with Crippen LogP contribution < -0.4 is 10.6 Å². The summed E-state index contributed by atoms with van der Waals surface area (Å²) in [5, 5.41) is 13.7. The third-order valence-electron chi connectivity index (χ3n) is 5.69. The second-order valence-corrected chi connectivity index (χ2v) is 7.89. The van der Waals surface area contributed by atoms with Crippen LogP contribution in [-0.2, 0) is 25.9 Å². The van der Waals surface area contributed by atoms with Crippen LogP contribution in [0, 0.1) is 0 Å². The average Bonchev–Trinajstić information content (AvgIpc) is 3.10. The number of nitrogens with zero attached hydrogens (tertiary/aromatic N) is 2. The van der Waals surface area contributed by atoms with Crippen molar-refractivity contribution in [2.75, 3.05) is 19.6 Å². The number of nitrogens with one attached hydrogen (secondary N) is 3. The second kappa shape index (κ2) is 8.00. The van der Waals surface area contributed by atoms with Crippen molar-refractivity contribution in [1.29, 1.82) is 0 Å². The van der Waals surface area contributed by atoms with Gasteiger partial charge >= 0.3 is 0 Å². The molecule has 6 nitrogen and oxygen atoms in total. The minimum absolute atomic E-state index is 0. The van der Waals surface area contributed by atoms with E-state index in [1.807, 2.05) is 0 Å². The average molecular weight is 390 g/mol. The van der Waals surface area contributed by atoms with E-state index < -0.39 is 0 Å². The summed E-state index contributed by atoms with van der Waals surface area (Å²) in [4.78, 5) is 15.1. The van der Waals surface area contributed by atoms with E-state index in [0.29, 0.717) is 18.8 Å². The van der Waals surface area contributed by atoms with Crippen molar-refractivity contribution in [1.82, 2.24) is 25.7 Å². The first kappa shape index (κ1) is 19.9. The molecule has 7 heteroatoms. The van der Waals surface area contributed by atoms with Crippen LogP contribution in [0.1, 0.15) is 46.7 Å². The van der Waals surface area contributed by atoms with Crippen LogP contribution in [0.25, 0.3) is 0 Å². The molecule has 0 radical (unpaired) electrons. The van der Waals surface area contributed by atoms with Crippen molar-refractivity contribution in [3.63, 3.8) is 0 Å². The number of hydrogen-bond donors (Lipinski definition) is 3. The molecular weight excluding hydrogens is 362 g/mol. The Bertz CT molecular complexity index is 816. The maximum Gasteiger partial charge on any atom is 0.272 e. The lowest BCUT2D eigenvalue weighted by Crippen LogP contribution is -2.53. The molecular formula is C20H28ClN5O. The van der Waals surface area contributed by atoms with Crippen LogP contribution >= 0.6 is 12.4 Å². The normalized spacial score (nSPS) is 16.8. The number of amides is 1. The van der Waals surface area contributed by atoms with Gasteiger partial charge in [-0.3, -0.25) is 14.8 Å². The van der Waals surface area contributed by atoms with Gasteiger partial charge in [-0.1, -0.05) is 24.3 Å². The quantitative estimate of drug-likeness (QED) is 0.748. The standard InChI is InChI=1S/C20H27N5O.ClH/c1-20(2,25-10-8-14-5-3-4-6-15(14)12-25)13-22-19(26)18-16-11-21-9-7-17(16)23-24-18;/h3-6,21H,7-13H2,1-2H3,(H,22,26)(H,23,24);1H. The van der Waals surface area contributed by atoms with Gasteiger partial charge in [-0.25, -0.2) is 0 Å². The number of rotatable bonds is 4. The lowest BCUT2D eigenvalue weighted by Gasteiger charge is -2.41. The highest BCUT2D eigenvalue weighted by atomic mass is 35.5. The van der Waals surface area contributed by atoms with Crippen molar-refractivity contribution >= 4 is 18.3 Å². The molecule has 1 amide bonds. The van der Waals surface area contributed by atoms with Gasteiger partial charge in [0.15, 0.2) is 5.69 Å². The Hall–Kier alpha value is -1.89. The summed E-state index contributed by atoms with van der Waals surface area (Å²) < 4.78 is 0. The fourth-order valence-corrected chi connectivity index (χ4v) is 3.92. The second-order valence-electron chi connectivity index (χ2n) is 7.89. The van der Waals surface area contributed by atoms with Gasteiger partial charge in [-0.05, 0) is 31.4 Å². The molecule has 0 spiro atoms. The van der Waals surface area contributed by atoms with Crippen LogP contribution in [0.3, 0.4) is 0 Å². The molecule has 0 fully saturated rings. The first-order valence-corrected chi connectivity index (χ1v) is 9.41. The predicted octanol–water partition coefficient (Wildman–Crippen LogP) is 2.04. The molecule has 0 saturated carbocycles. The van der Waals surface area contributed by atoms with Gasteiger partial charge in [-0.2, -0.15) is 5.10 Å². The third kappa shape index (κ3) is 4.03. The summed E-state index contributed by atoms with van der Waals surface area (Å²) in [6, 6.07) is 8.64. The Balaban J connectivity index is 0.00000210. The molecule has 2 aliphatic rings. The number of carbonyl (C=O) groups excluding carboxylic acids is 1. The summed E-state index contributed by atoms with van der Waals surface area (Å²) in [5.74, 6) is -0.0864. The highest BCUT2D eigenvalue weighted by molar-refractivity contribution is 5.94. The van der Waals surface area contributed by atoms with E-state index in [4.69, 9.17) is 0 Å². The molecule has 146 valence electrons. The Morgan fingerprint density at radius 1 is 1.26 bits per heavy atom. The third-order valence-corrected chi connectivity index (χ3v) is 5.69. The number of halogens is 1. The lowest BCUT2D eigenvalue weighted by atomic mass is 9.94. The smallest absolute Gasteiger partial charge is 0.272 e. The van der Waals surface area contributed by atoms with Gasteiger partial charge in [-0.15, -0.1) is 12.4 Å². The number of H-pyrrole nitrogens is 1. The van der Waals surface area contributed by atoms with E-state index in [1.165, 1.54) is 11.1 Å². The zero-order chi connectivity index (χ0) is 18.1. The molecule has 4 rings (SSSR count). The highest BCUT2D eigenvalue weighted by Crippen LogP contribution is 2.25. The Morgan fingerprint density at radius 2 is 2.04 bits per heavy atom. The number of hydrogen-bond acceptors (Lipinski definition) is 4. The summed E-state index contributed by atoms with van der Waals surface area (Å²) in [6.07, 6.45) is 1.96. The van der Waals surface area contributed by atoms with Gasteiger partial charge in [0.25, 0.3) is 5.91 Å². The number of fused-ring (bicyclic) bond motifs is 2. The fourth-order valence-electron chi connectivity index (χ4n) is 3.92. The summed E-state index contributed by atoms with van der Waals surface area (Å²) in [7, 11) is 0. The Morgan fingerprint density at radius 3 is 2.85 bits per heavy atom. The van der Waals surface area contributed by atoms with Crippen molar-refractivity contribution in [3.05, 3.63) is 52.3 Å². The van der Waals surface area contributed by atoms with Crippen LogP contribution in [-0.4, -0.2) is 46.2 Å². The SMILES string of the molecule is CC(C)(CNC(=O)c1n[nH]c2c1CNCC2)N1CCc2ccccc2C1.Cl. The van der Waals surface area contributed by atoms with Crippen LogP contribution in [0.4, 0.5) is 0 Å². The first-order chi connectivity index (χ1) is 12.5. The van der Waals surface area contributed by atoms with E-state index in [-0.39, 0.29) is 23.9 Å². The van der Waals surface area contributed by atoms with Gasteiger partial charge < -0.3 is 10.6 Å². The number of carbonyl (C=O) groups is 1. The van der Waals surface area contributed by atoms with Gasteiger partial charge in [0, 0.05) is 55.9 Å². The molecule has 0 bridgehead atoms. The maximum atomic E-state index is 12.7. The number of aromatic amines is 1. The molecule has 2 aliphatic heterocycles. The molecule has 0 aliphatic carbocycles. The van der Waals surface area contributed by atoms with Crippen LogP contribution in [0.5, 0.6) is 0 Å². The molecule has 27 heavy (non-hydrogen) atoms. The van der Waals surface area contributed by atoms with Crippen molar-refractivity contribution in [2.24, 2.45) is 0 Å². The maximum absolute atomic E-state index is 12.7. The Kier molecular flexibility index (Phi) is 5.89. The molecule has 3 N–H and O–H groups in total. The fraction of sp³-hybridized carbons (Fsp3) is 0.500. The van der Waals surface area contributed by atoms with Crippen LogP contribution in [0.15, 0.2) is 24.3 Å². The van der Waals surface area contributed by atoms with Gasteiger partial charge in [0.2, 0.25) is 0 Å². The molecule has 0 unspecified atom stereocenters. The Labute approximate surface area is 166 Å². The van der Waals surface area contributed by atoms with E-state index in [2.05, 4.69) is 63.8 Å². The van der Waals surface area contributed by atoms with Crippen LogP contribution in [0.2, 0.25) is 0 Å². The van der Waals surface area contributed by atoms with Gasteiger partial charge in [0.1, 0.15) is 0 Å². The molecule has 1 aromatic heterocycles. The molecule has 3 heterocycles. The highest BCUT2D eigenvalue weighted by Gasteiger charge is 2.31. The minimum atomic E-state index is -0.113.